The smallest absolute Gasteiger partial charge is 0.230 e. The molecule has 31 heavy (non-hydrogen) atoms. The fourth-order valence-corrected chi connectivity index (χ4v) is 4.74. The molecule has 0 fully saturated rings. The van der Waals surface area contributed by atoms with Gasteiger partial charge in [-0.05, 0) is 36.8 Å². The van der Waals surface area contributed by atoms with Crippen molar-refractivity contribution in [3.05, 3.63) is 59.5 Å². The van der Waals surface area contributed by atoms with Crippen molar-refractivity contribution < 1.29 is 13.9 Å². The average Bonchev–Trinajstić information content (AvgIpc) is 3.36. The summed E-state index contributed by atoms with van der Waals surface area (Å²) in [6.45, 7) is 6.84. The van der Waals surface area contributed by atoms with E-state index in [1.165, 1.54) is 16.2 Å². The number of fused-ring (bicyclic) bond motifs is 1. The van der Waals surface area contributed by atoms with E-state index in [1.54, 1.807) is 0 Å². The second kappa shape index (κ2) is 9.58. The zero-order valence-electron chi connectivity index (χ0n) is 17.7. The summed E-state index contributed by atoms with van der Waals surface area (Å²) in [5.41, 5.74) is 2.37. The summed E-state index contributed by atoms with van der Waals surface area (Å²) in [4.78, 5) is 18.2. The largest absolute Gasteiger partial charge is 0.490 e. The Morgan fingerprint density at radius 2 is 2.03 bits per heavy atom. The Morgan fingerprint density at radius 1 is 1.23 bits per heavy atom. The van der Waals surface area contributed by atoms with Crippen LogP contribution in [0.3, 0.4) is 0 Å². The number of thiazole rings is 1. The van der Waals surface area contributed by atoms with Gasteiger partial charge in [0.1, 0.15) is 5.69 Å². The van der Waals surface area contributed by atoms with Gasteiger partial charge >= 0.3 is 0 Å². The second-order valence-corrected chi connectivity index (χ2v) is 9.80. The maximum absolute atomic E-state index is 12.5. The van der Waals surface area contributed by atoms with E-state index in [-0.39, 0.29) is 5.91 Å². The molecule has 7 heteroatoms. The van der Waals surface area contributed by atoms with Crippen molar-refractivity contribution in [3.8, 4) is 17.2 Å². The lowest BCUT2D eigenvalue weighted by molar-refractivity contribution is -0.115. The van der Waals surface area contributed by atoms with Gasteiger partial charge in [-0.15, -0.1) is 23.1 Å². The van der Waals surface area contributed by atoms with Crippen LogP contribution in [0.25, 0.3) is 22.4 Å². The first-order valence-electron chi connectivity index (χ1n) is 10.2. The minimum atomic E-state index is -0.0894. The van der Waals surface area contributed by atoms with E-state index in [4.69, 9.17) is 9.15 Å². The standard InChI is InChI=1S/C24H24N2O3S2/c1-4-28-20-7-5-6-17-13-21(29-23(17)20)19-14-30-24(25-19)26-22(27)12-16-8-10-18(11-9-16)31-15(2)3/h5-11,13-15H,4,12H2,1-3H3,(H,25,26,27). The summed E-state index contributed by atoms with van der Waals surface area (Å²) in [6.07, 6.45) is 0.309. The molecule has 160 valence electrons. The third-order valence-electron chi connectivity index (χ3n) is 4.47. The van der Waals surface area contributed by atoms with E-state index >= 15 is 0 Å². The van der Waals surface area contributed by atoms with Gasteiger partial charge in [-0.3, -0.25) is 4.79 Å². The minimum absolute atomic E-state index is 0.0894. The highest BCUT2D eigenvalue weighted by Crippen LogP contribution is 2.34. The molecule has 1 amide bonds. The predicted molar refractivity (Wildman–Crippen MR) is 128 cm³/mol. The average molecular weight is 453 g/mol. The number of anilines is 1. The fourth-order valence-electron chi connectivity index (χ4n) is 3.18. The molecule has 0 spiro atoms. The van der Waals surface area contributed by atoms with Crippen molar-refractivity contribution in [2.75, 3.05) is 11.9 Å². The number of carbonyl (C=O) groups excluding carboxylic acids is 1. The van der Waals surface area contributed by atoms with Crippen LogP contribution in [0.15, 0.2) is 63.2 Å². The number of furan rings is 1. The first-order chi connectivity index (χ1) is 15.0. The summed E-state index contributed by atoms with van der Waals surface area (Å²) in [5.74, 6) is 1.28. The lowest BCUT2D eigenvalue weighted by atomic mass is 10.1. The van der Waals surface area contributed by atoms with E-state index < -0.39 is 0 Å². The number of benzene rings is 2. The number of ether oxygens (including phenoxy) is 1. The maximum Gasteiger partial charge on any atom is 0.230 e. The van der Waals surface area contributed by atoms with Crippen LogP contribution in [-0.2, 0) is 11.2 Å². The molecule has 4 aromatic rings. The van der Waals surface area contributed by atoms with Gasteiger partial charge in [0.05, 0.1) is 13.0 Å². The van der Waals surface area contributed by atoms with Crippen LogP contribution in [0.2, 0.25) is 0 Å². The third-order valence-corrected chi connectivity index (χ3v) is 6.24. The van der Waals surface area contributed by atoms with Crippen LogP contribution in [0.4, 0.5) is 5.13 Å². The summed E-state index contributed by atoms with van der Waals surface area (Å²) in [5, 5.41) is 6.81. The number of hydrogen-bond donors (Lipinski definition) is 1. The van der Waals surface area contributed by atoms with Gasteiger partial charge in [0, 0.05) is 20.9 Å². The van der Waals surface area contributed by atoms with E-state index in [0.29, 0.717) is 46.2 Å². The molecule has 0 atom stereocenters. The van der Waals surface area contributed by atoms with E-state index in [1.807, 2.05) is 60.5 Å². The first kappa shape index (κ1) is 21.5. The SMILES string of the molecule is CCOc1cccc2cc(-c3csc(NC(=O)Cc4ccc(SC(C)C)cc4)n3)oc12. The molecule has 0 aliphatic carbocycles. The van der Waals surface area contributed by atoms with Crippen LogP contribution in [0, 0.1) is 0 Å². The van der Waals surface area contributed by atoms with Crippen molar-refractivity contribution in [2.45, 2.75) is 37.3 Å². The molecule has 0 saturated carbocycles. The van der Waals surface area contributed by atoms with Crippen LogP contribution in [0.1, 0.15) is 26.3 Å². The van der Waals surface area contributed by atoms with Crippen molar-refractivity contribution in [2.24, 2.45) is 0 Å². The quantitative estimate of drug-likeness (QED) is 0.304. The summed E-state index contributed by atoms with van der Waals surface area (Å²) >= 11 is 3.19. The van der Waals surface area contributed by atoms with Crippen molar-refractivity contribution in [1.82, 2.24) is 4.98 Å². The number of thioether (sulfide) groups is 1. The van der Waals surface area contributed by atoms with Crippen molar-refractivity contribution in [3.63, 3.8) is 0 Å². The predicted octanol–water partition coefficient (Wildman–Crippen LogP) is 6.64. The highest BCUT2D eigenvalue weighted by Gasteiger charge is 2.14. The molecule has 2 aromatic carbocycles. The normalized spacial score (nSPS) is 11.2. The van der Waals surface area contributed by atoms with Gasteiger partial charge in [0.25, 0.3) is 0 Å². The molecule has 0 unspecified atom stereocenters. The van der Waals surface area contributed by atoms with Crippen LogP contribution >= 0.6 is 23.1 Å². The molecule has 0 saturated heterocycles. The van der Waals surface area contributed by atoms with Gasteiger partial charge in [0.2, 0.25) is 5.91 Å². The van der Waals surface area contributed by atoms with Crippen molar-refractivity contribution >= 4 is 45.1 Å². The lowest BCUT2D eigenvalue weighted by Gasteiger charge is -2.06. The zero-order valence-corrected chi connectivity index (χ0v) is 19.3. The minimum Gasteiger partial charge on any atom is -0.490 e. The van der Waals surface area contributed by atoms with E-state index in [2.05, 4.69) is 36.3 Å². The van der Waals surface area contributed by atoms with Gasteiger partial charge in [-0.25, -0.2) is 4.98 Å². The number of amides is 1. The Hall–Kier alpha value is -2.77. The fraction of sp³-hybridized carbons (Fsp3) is 0.250. The molecular weight excluding hydrogens is 428 g/mol. The van der Waals surface area contributed by atoms with Gasteiger partial charge in [-0.2, -0.15) is 0 Å². The number of hydrogen-bond acceptors (Lipinski definition) is 6. The molecule has 2 heterocycles. The lowest BCUT2D eigenvalue weighted by Crippen LogP contribution is -2.14. The maximum atomic E-state index is 12.5. The number of nitrogens with zero attached hydrogens (tertiary/aromatic N) is 1. The molecule has 1 N–H and O–H groups in total. The molecule has 0 bridgehead atoms. The number of rotatable bonds is 8. The molecule has 4 rings (SSSR count). The van der Waals surface area contributed by atoms with Gasteiger partial charge in [-0.1, -0.05) is 38.1 Å². The third kappa shape index (κ3) is 5.29. The Labute approximate surface area is 189 Å². The summed E-state index contributed by atoms with van der Waals surface area (Å²) in [7, 11) is 0. The van der Waals surface area contributed by atoms with Crippen LogP contribution in [-0.4, -0.2) is 22.7 Å². The summed E-state index contributed by atoms with van der Waals surface area (Å²) in [6, 6.07) is 15.9. The monoisotopic (exact) mass is 452 g/mol. The van der Waals surface area contributed by atoms with Crippen LogP contribution < -0.4 is 10.1 Å². The van der Waals surface area contributed by atoms with Crippen LogP contribution in [0.5, 0.6) is 5.75 Å². The number of carbonyl (C=O) groups is 1. The Morgan fingerprint density at radius 3 is 2.77 bits per heavy atom. The Balaban J connectivity index is 1.42. The highest BCUT2D eigenvalue weighted by molar-refractivity contribution is 7.99. The van der Waals surface area contributed by atoms with E-state index in [0.717, 1.165) is 10.9 Å². The molecule has 0 aliphatic heterocycles. The number of nitrogens with one attached hydrogen (secondary N) is 1. The number of para-hydroxylation sites is 1. The highest BCUT2D eigenvalue weighted by atomic mass is 32.2. The van der Waals surface area contributed by atoms with Crippen molar-refractivity contribution in [1.29, 1.82) is 0 Å². The Bertz CT molecular complexity index is 1180. The Kier molecular flexibility index (Phi) is 6.63. The zero-order chi connectivity index (χ0) is 21.8. The molecular formula is C24H24N2O3S2. The molecule has 5 nitrogen and oxygen atoms in total. The van der Waals surface area contributed by atoms with Gasteiger partial charge in [0.15, 0.2) is 22.2 Å². The topological polar surface area (TPSA) is 64.4 Å². The molecule has 0 aliphatic rings. The van der Waals surface area contributed by atoms with E-state index in [9.17, 15) is 4.79 Å². The first-order valence-corrected chi connectivity index (χ1v) is 11.9. The molecule has 2 aromatic heterocycles. The second-order valence-electron chi connectivity index (χ2n) is 7.29. The summed E-state index contributed by atoms with van der Waals surface area (Å²) < 4.78 is 11.6. The molecule has 0 radical (unpaired) electrons. The van der Waals surface area contributed by atoms with Gasteiger partial charge < -0.3 is 14.5 Å². The number of aromatic nitrogens is 1.